The van der Waals surface area contributed by atoms with E-state index in [2.05, 4.69) is 48.3 Å². The Balaban J connectivity index is 0.00000484. The van der Waals surface area contributed by atoms with E-state index in [4.69, 9.17) is 4.74 Å². The van der Waals surface area contributed by atoms with Gasteiger partial charge in [-0.15, -0.1) is 24.0 Å². The molecular formula is C17H31IN4O. The zero-order chi connectivity index (χ0) is 16.4. The van der Waals surface area contributed by atoms with Crippen LogP contribution in [0.1, 0.15) is 46.1 Å². The number of aliphatic imine (C=N–C) groups is 1. The maximum atomic E-state index is 5.26. The van der Waals surface area contributed by atoms with Crippen LogP contribution in [0.25, 0.3) is 0 Å². The monoisotopic (exact) mass is 434 g/mol. The van der Waals surface area contributed by atoms with Gasteiger partial charge < -0.3 is 15.4 Å². The Kier molecular flexibility index (Phi) is 11.8. The van der Waals surface area contributed by atoms with Gasteiger partial charge in [0, 0.05) is 24.3 Å². The zero-order valence-corrected chi connectivity index (χ0v) is 17.3. The minimum atomic E-state index is 0. The first-order chi connectivity index (χ1) is 10.6. The van der Waals surface area contributed by atoms with Gasteiger partial charge in [-0.2, -0.15) is 0 Å². The number of pyridine rings is 1. The predicted octanol–water partition coefficient (Wildman–Crippen LogP) is 3.59. The SMILES string of the molecule is CCNC(=NCc1cccnc1OC)NC(C)CCC(C)C.I. The molecule has 0 saturated heterocycles. The summed E-state index contributed by atoms with van der Waals surface area (Å²) in [6.07, 6.45) is 4.08. The summed E-state index contributed by atoms with van der Waals surface area (Å²) in [5.41, 5.74) is 0.983. The average Bonchev–Trinajstić information content (AvgIpc) is 2.51. The molecule has 1 rings (SSSR count). The fourth-order valence-corrected chi connectivity index (χ4v) is 2.10. The van der Waals surface area contributed by atoms with E-state index in [1.807, 2.05) is 12.1 Å². The number of nitrogens with zero attached hydrogens (tertiary/aromatic N) is 2. The molecule has 0 aliphatic rings. The average molecular weight is 434 g/mol. The first-order valence-corrected chi connectivity index (χ1v) is 8.09. The molecule has 1 aromatic heterocycles. The number of aromatic nitrogens is 1. The second-order valence-electron chi connectivity index (χ2n) is 5.88. The van der Waals surface area contributed by atoms with Crippen LogP contribution in [-0.4, -0.2) is 30.6 Å². The number of halogens is 1. The molecule has 132 valence electrons. The molecule has 5 nitrogen and oxygen atoms in total. The molecule has 0 aliphatic heterocycles. The van der Waals surface area contributed by atoms with E-state index in [1.54, 1.807) is 13.3 Å². The number of nitrogens with one attached hydrogen (secondary N) is 2. The summed E-state index contributed by atoms with van der Waals surface area (Å²) in [7, 11) is 1.63. The van der Waals surface area contributed by atoms with Crippen molar-refractivity contribution in [1.82, 2.24) is 15.6 Å². The van der Waals surface area contributed by atoms with Crippen LogP contribution >= 0.6 is 24.0 Å². The molecular weight excluding hydrogens is 403 g/mol. The van der Waals surface area contributed by atoms with Crippen LogP contribution in [0, 0.1) is 5.92 Å². The van der Waals surface area contributed by atoms with E-state index < -0.39 is 0 Å². The molecule has 0 radical (unpaired) electrons. The van der Waals surface area contributed by atoms with Crippen molar-refractivity contribution in [1.29, 1.82) is 0 Å². The lowest BCUT2D eigenvalue weighted by Crippen LogP contribution is -2.42. The minimum absolute atomic E-state index is 0. The Morgan fingerprint density at radius 1 is 1.30 bits per heavy atom. The first-order valence-electron chi connectivity index (χ1n) is 8.09. The van der Waals surface area contributed by atoms with Gasteiger partial charge >= 0.3 is 0 Å². The topological polar surface area (TPSA) is 58.5 Å². The third kappa shape index (κ3) is 8.98. The third-order valence-corrected chi connectivity index (χ3v) is 3.36. The molecule has 2 N–H and O–H groups in total. The lowest BCUT2D eigenvalue weighted by Gasteiger charge is -2.18. The van der Waals surface area contributed by atoms with Crippen molar-refractivity contribution in [3.05, 3.63) is 23.9 Å². The summed E-state index contributed by atoms with van der Waals surface area (Å²) >= 11 is 0. The second kappa shape index (κ2) is 12.4. The highest BCUT2D eigenvalue weighted by atomic mass is 127. The first kappa shape index (κ1) is 21.9. The van der Waals surface area contributed by atoms with Crippen molar-refractivity contribution in [2.24, 2.45) is 10.9 Å². The Hall–Kier alpha value is -1.05. The van der Waals surface area contributed by atoms with Gasteiger partial charge in [0.15, 0.2) is 5.96 Å². The Labute approximate surface area is 157 Å². The number of ether oxygens (including phenoxy) is 1. The molecule has 0 spiro atoms. The van der Waals surface area contributed by atoms with Gasteiger partial charge in [0.05, 0.1) is 13.7 Å². The maximum Gasteiger partial charge on any atom is 0.218 e. The quantitative estimate of drug-likeness (QED) is 0.373. The van der Waals surface area contributed by atoms with Crippen LogP contribution in [0.2, 0.25) is 0 Å². The van der Waals surface area contributed by atoms with E-state index in [9.17, 15) is 0 Å². The van der Waals surface area contributed by atoms with Crippen LogP contribution < -0.4 is 15.4 Å². The van der Waals surface area contributed by atoms with Gasteiger partial charge in [0.1, 0.15) is 0 Å². The van der Waals surface area contributed by atoms with Crippen LogP contribution in [0.15, 0.2) is 23.3 Å². The van der Waals surface area contributed by atoms with Crippen molar-refractivity contribution in [3.63, 3.8) is 0 Å². The van der Waals surface area contributed by atoms with Gasteiger partial charge in [0.25, 0.3) is 0 Å². The molecule has 0 amide bonds. The molecule has 6 heteroatoms. The normalized spacial score (nSPS) is 12.5. The molecule has 1 heterocycles. The van der Waals surface area contributed by atoms with E-state index in [-0.39, 0.29) is 24.0 Å². The Morgan fingerprint density at radius 3 is 2.65 bits per heavy atom. The lowest BCUT2D eigenvalue weighted by atomic mass is 10.0. The molecule has 0 aromatic carbocycles. The van der Waals surface area contributed by atoms with Gasteiger partial charge in [0.2, 0.25) is 5.88 Å². The summed E-state index contributed by atoms with van der Waals surface area (Å²) < 4.78 is 5.26. The predicted molar refractivity (Wildman–Crippen MR) is 108 cm³/mol. The largest absolute Gasteiger partial charge is 0.481 e. The number of hydrogen-bond acceptors (Lipinski definition) is 3. The van der Waals surface area contributed by atoms with Crippen molar-refractivity contribution in [2.75, 3.05) is 13.7 Å². The van der Waals surface area contributed by atoms with Crippen LogP contribution in [0.3, 0.4) is 0 Å². The molecule has 23 heavy (non-hydrogen) atoms. The number of rotatable bonds is 8. The lowest BCUT2D eigenvalue weighted by molar-refractivity contribution is 0.392. The van der Waals surface area contributed by atoms with Crippen LogP contribution in [-0.2, 0) is 6.54 Å². The van der Waals surface area contributed by atoms with Gasteiger partial charge in [-0.1, -0.05) is 19.9 Å². The van der Waals surface area contributed by atoms with E-state index in [0.29, 0.717) is 18.5 Å². The number of methoxy groups -OCH3 is 1. The fraction of sp³-hybridized carbons (Fsp3) is 0.647. The Bertz CT molecular complexity index is 466. The van der Waals surface area contributed by atoms with Gasteiger partial charge in [-0.05, 0) is 38.7 Å². The summed E-state index contributed by atoms with van der Waals surface area (Å²) in [4.78, 5) is 8.83. The van der Waals surface area contributed by atoms with Gasteiger partial charge in [-0.3, -0.25) is 0 Å². The highest BCUT2D eigenvalue weighted by molar-refractivity contribution is 14.0. The highest BCUT2D eigenvalue weighted by Gasteiger charge is 2.07. The summed E-state index contributed by atoms with van der Waals surface area (Å²) in [6, 6.07) is 4.29. The minimum Gasteiger partial charge on any atom is -0.481 e. The standard InChI is InChI=1S/C17H30N4O.HI/c1-6-18-17(21-14(4)10-9-13(2)3)20-12-15-8-7-11-19-16(15)22-5;/h7-8,11,13-14H,6,9-10,12H2,1-5H3,(H2,18,20,21);1H. The van der Waals surface area contributed by atoms with E-state index in [1.165, 1.54) is 6.42 Å². The van der Waals surface area contributed by atoms with Crippen molar-refractivity contribution in [2.45, 2.75) is 53.1 Å². The molecule has 1 unspecified atom stereocenters. The zero-order valence-electron chi connectivity index (χ0n) is 14.9. The van der Waals surface area contributed by atoms with Gasteiger partial charge in [-0.25, -0.2) is 9.98 Å². The van der Waals surface area contributed by atoms with Crippen molar-refractivity contribution >= 4 is 29.9 Å². The summed E-state index contributed by atoms with van der Waals surface area (Å²) in [6.45, 7) is 10.2. The Morgan fingerprint density at radius 2 is 2.04 bits per heavy atom. The second-order valence-corrected chi connectivity index (χ2v) is 5.88. The molecule has 0 fully saturated rings. The van der Waals surface area contributed by atoms with Crippen molar-refractivity contribution in [3.8, 4) is 5.88 Å². The van der Waals surface area contributed by atoms with Crippen LogP contribution in [0.4, 0.5) is 0 Å². The number of hydrogen-bond donors (Lipinski definition) is 2. The van der Waals surface area contributed by atoms with Crippen molar-refractivity contribution < 1.29 is 4.74 Å². The molecule has 1 aromatic rings. The highest BCUT2D eigenvalue weighted by Crippen LogP contribution is 2.14. The summed E-state index contributed by atoms with van der Waals surface area (Å²) in [5, 5.41) is 6.75. The molecule has 1 atom stereocenters. The van der Waals surface area contributed by atoms with E-state index >= 15 is 0 Å². The summed E-state index contributed by atoms with van der Waals surface area (Å²) in [5.74, 6) is 2.20. The molecule has 0 saturated carbocycles. The molecule has 0 aliphatic carbocycles. The smallest absolute Gasteiger partial charge is 0.218 e. The van der Waals surface area contributed by atoms with Crippen LogP contribution in [0.5, 0.6) is 5.88 Å². The number of guanidine groups is 1. The van der Waals surface area contributed by atoms with E-state index in [0.717, 1.165) is 30.4 Å². The maximum absolute atomic E-state index is 5.26. The third-order valence-electron chi connectivity index (χ3n) is 3.36. The molecule has 0 bridgehead atoms. The fourth-order valence-electron chi connectivity index (χ4n) is 2.10.